The lowest BCUT2D eigenvalue weighted by molar-refractivity contribution is -0.116. The largest absolute Gasteiger partial charge is 0.504 e. The summed E-state index contributed by atoms with van der Waals surface area (Å²) in [4.78, 5) is 22.7. The van der Waals surface area contributed by atoms with Crippen molar-refractivity contribution in [2.24, 2.45) is 0 Å². The van der Waals surface area contributed by atoms with E-state index in [2.05, 4.69) is 4.74 Å². The number of amides is 2. The Bertz CT molecular complexity index is 671. The summed E-state index contributed by atoms with van der Waals surface area (Å²) in [5.74, 6) is -1.41. The molecule has 0 atom stereocenters. The maximum absolute atomic E-state index is 11.6. The average molecular weight is 302 g/mol. The molecule has 1 aromatic carbocycles. The highest BCUT2D eigenvalue weighted by Crippen LogP contribution is 2.25. The highest BCUT2D eigenvalue weighted by molar-refractivity contribution is 6.05. The lowest BCUT2D eigenvalue weighted by Gasteiger charge is -2.02. The molecule has 114 valence electrons. The number of carbonyl (C=O) groups is 2. The van der Waals surface area contributed by atoms with Crippen molar-refractivity contribution in [1.82, 2.24) is 5.32 Å². The molecule has 0 spiro atoms. The quantitative estimate of drug-likeness (QED) is 0.338. The van der Waals surface area contributed by atoms with E-state index in [1.54, 1.807) is 13.0 Å². The number of benzene rings is 1. The van der Waals surface area contributed by atoms with Crippen molar-refractivity contribution in [1.29, 1.82) is 5.26 Å². The molecule has 0 unspecified atom stereocenters. The zero-order valence-corrected chi connectivity index (χ0v) is 11.7. The van der Waals surface area contributed by atoms with Crippen LogP contribution >= 0.6 is 0 Å². The SMILES string of the molecule is CCOC(=O)NC(=O)/C(C#N)=C/C=C/c1ccc(O)c(O)c1. The molecule has 1 rings (SSSR count). The number of nitrogens with one attached hydrogen (secondary N) is 1. The minimum Gasteiger partial charge on any atom is -0.504 e. The zero-order chi connectivity index (χ0) is 16.5. The van der Waals surface area contributed by atoms with Crippen LogP contribution in [-0.2, 0) is 9.53 Å². The van der Waals surface area contributed by atoms with Crippen LogP contribution in [0.2, 0.25) is 0 Å². The number of nitriles is 1. The number of rotatable bonds is 4. The van der Waals surface area contributed by atoms with Crippen LogP contribution < -0.4 is 5.32 Å². The predicted molar refractivity (Wildman–Crippen MR) is 77.7 cm³/mol. The van der Waals surface area contributed by atoms with Crippen molar-refractivity contribution in [2.45, 2.75) is 6.92 Å². The van der Waals surface area contributed by atoms with E-state index >= 15 is 0 Å². The van der Waals surface area contributed by atoms with Gasteiger partial charge < -0.3 is 14.9 Å². The third kappa shape index (κ3) is 5.02. The zero-order valence-electron chi connectivity index (χ0n) is 11.7. The standard InChI is InChI=1S/C15H14N2O5/c1-2-22-15(21)17-14(20)11(9-16)5-3-4-10-6-7-12(18)13(19)8-10/h3-8,18-19H,2H2,1H3,(H,17,20,21)/b4-3+,11-5+. The first kappa shape index (κ1) is 16.8. The molecular weight excluding hydrogens is 288 g/mol. The summed E-state index contributed by atoms with van der Waals surface area (Å²) in [5.41, 5.74) is 0.266. The first-order valence-corrected chi connectivity index (χ1v) is 6.26. The number of ether oxygens (including phenoxy) is 1. The first-order chi connectivity index (χ1) is 10.5. The van der Waals surface area contributed by atoms with Gasteiger partial charge in [-0.1, -0.05) is 18.2 Å². The number of carbonyl (C=O) groups excluding carboxylic acids is 2. The fourth-order valence-corrected chi connectivity index (χ4v) is 1.39. The number of imide groups is 1. The van der Waals surface area contributed by atoms with Crippen molar-refractivity contribution in [2.75, 3.05) is 6.61 Å². The van der Waals surface area contributed by atoms with Gasteiger partial charge in [-0.05, 0) is 30.7 Å². The van der Waals surface area contributed by atoms with Gasteiger partial charge in [-0.2, -0.15) is 5.26 Å². The fourth-order valence-electron chi connectivity index (χ4n) is 1.39. The first-order valence-electron chi connectivity index (χ1n) is 6.26. The Morgan fingerprint density at radius 1 is 1.36 bits per heavy atom. The van der Waals surface area contributed by atoms with Crippen LogP contribution in [0.25, 0.3) is 6.08 Å². The molecule has 2 amide bonds. The number of allylic oxidation sites excluding steroid dienone is 2. The molecule has 0 saturated heterocycles. The van der Waals surface area contributed by atoms with E-state index in [-0.39, 0.29) is 23.7 Å². The Kier molecular flexibility index (Phi) is 6.19. The summed E-state index contributed by atoms with van der Waals surface area (Å²) in [7, 11) is 0. The molecule has 7 heteroatoms. The van der Waals surface area contributed by atoms with Gasteiger partial charge in [0.2, 0.25) is 0 Å². The summed E-state index contributed by atoms with van der Waals surface area (Å²) in [6.07, 6.45) is 3.18. The number of aromatic hydroxyl groups is 2. The molecule has 0 aromatic heterocycles. The summed E-state index contributed by atoms with van der Waals surface area (Å²) >= 11 is 0. The Balaban J connectivity index is 2.78. The van der Waals surface area contributed by atoms with Gasteiger partial charge in [0, 0.05) is 0 Å². The van der Waals surface area contributed by atoms with Gasteiger partial charge in [0.15, 0.2) is 11.5 Å². The van der Waals surface area contributed by atoms with Gasteiger partial charge in [0.05, 0.1) is 6.61 Å². The third-order valence-electron chi connectivity index (χ3n) is 2.41. The molecule has 0 radical (unpaired) electrons. The van der Waals surface area contributed by atoms with Crippen molar-refractivity contribution in [3.63, 3.8) is 0 Å². The van der Waals surface area contributed by atoms with Crippen LogP contribution in [0.4, 0.5) is 4.79 Å². The van der Waals surface area contributed by atoms with Crippen LogP contribution in [-0.4, -0.2) is 28.8 Å². The molecule has 0 aliphatic heterocycles. The summed E-state index contributed by atoms with van der Waals surface area (Å²) in [6, 6.07) is 5.80. The van der Waals surface area contributed by atoms with E-state index in [0.717, 1.165) is 0 Å². The van der Waals surface area contributed by atoms with Crippen molar-refractivity contribution in [3.8, 4) is 17.6 Å². The maximum atomic E-state index is 11.6. The minimum absolute atomic E-state index is 0.106. The van der Waals surface area contributed by atoms with Gasteiger partial charge in [0.25, 0.3) is 5.91 Å². The van der Waals surface area contributed by atoms with Gasteiger partial charge >= 0.3 is 6.09 Å². The highest BCUT2D eigenvalue weighted by atomic mass is 16.5. The molecule has 0 saturated carbocycles. The van der Waals surface area contributed by atoms with Crippen LogP contribution in [0.1, 0.15) is 12.5 Å². The molecule has 3 N–H and O–H groups in total. The number of phenolic OH excluding ortho intramolecular Hbond substituents is 2. The number of hydrogen-bond acceptors (Lipinski definition) is 6. The smallest absolute Gasteiger partial charge is 0.414 e. The van der Waals surface area contributed by atoms with Crippen molar-refractivity contribution in [3.05, 3.63) is 41.5 Å². The average Bonchev–Trinajstić information content (AvgIpc) is 2.47. The van der Waals surface area contributed by atoms with E-state index in [4.69, 9.17) is 5.26 Å². The number of alkyl carbamates (subject to hydrolysis) is 1. The molecule has 0 bridgehead atoms. The molecule has 1 aromatic rings. The molecular formula is C15H14N2O5. The second-order valence-corrected chi connectivity index (χ2v) is 3.97. The van der Waals surface area contributed by atoms with E-state index in [1.165, 1.54) is 36.4 Å². The van der Waals surface area contributed by atoms with Gasteiger partial charge in [-0.15, -0.1) is 0 Å². The van der Waals surface area contributed by atoms with Crippen molar-refractivity contribution < 1.29 is 24.5 Å². The van der Waals surface area contributed by atoms with Crippen LogP contribution in [0.15, 0.2) is 35.9 Å². The number of phenols is 2. The van der Waals surface area contributed by atoms with Crippen molar-refractivity contribution >= 4 is 18.1 Å². The Morgan fingerprint density at radius 2 is 2.09 bits per heavy atom. The van der Waals surface area contributed by atoms with E-state index < -0.39 is 12.0 Å². The summed E-state index contributed by atoms with van der Waals surface area (Å²) < 4.78 is 4.53. The topological polar surface area (TPSA) is 120 Å². The van der Waals surface area contributed by atoms with E-state index in [1.807, 2.05) is 5.32 Å². The molecule has 0 aliphatic rings. The second-order valence-electron chi connectivity index (χ2n) is 3.97. The molecule has 7 nitrogen and oxygen atoms in total. The van der Waals surface area contributed by atoms with Gasteiger partial charge in [0.1, 0.15) is 11.6 Å². The Morgan fingerprint density at radius 3 is 2.68 bits per heavy atom. The molecule has 0 fully saturated rings. The van der Waals surface area contributed by atoms with E-state index in [0.29, 0.717) is 5.56 Å². The third-order valence-corrected chi connectivity index (χ3v) is 2.41. The lowest BCUT2D eigenvalue weighted by Crippen LogP contribution is -2.31. The fraction of sp³-hybridized carbons (Fsp3) is 0.133. The van der Waals surface area contributed by atoms with E-state index in [9.17, 15) is 19.8 Å². The van der Waals surface area contributed by atoms with Crippen LogP contribution in [0, 0.1) is 11.3 Å². The highest BCUT2D eigenvalue weighted by Gasteiger charge is 2.12. The Labute approximate surface area is 126 Å². The molecule has 22 heavy (non-hydrogen) atoms. The van der Waals surface area contributed by atoms with Crippen LogP contribution in [0.5, 0.6) is 11.5 Å². The number of hydrogen-bond donors (Lipinski definition) is 3. The monoisotopic (exact) mass is 302 g/mol. The second kappa shape index (κ2) is 8.11. The molecule has 0 aliphatic carbocycles. The molecule has 0 heterocycles. The Hall–Kier alpha value is -3.27. The summed E-state index contributed by atoms with van der Waals surface area (Å²) in [6.45, 7) is 1.69. The lowest BCUT2D eigenvalue weighted by atomic mass is 10.1. The van der Waals surface area contributed by atoms with Gasteiger partial charge in [-0.3, -0.25) is 10.1 Å². The van der Waals surface area contributed by atoms with Crippen LogP contribution in [0.3, 0.4) is 0 Å². The maximum Gasteiger partial charge on any atom is 0.414 e. The number of nitrogens with zero attached hydrogens (tertiary/aromatic N) is 1. The predicted octanol–water partition coefficient (Wildman–Crippen LogP) is 1.83. The van der Waals surface area contributed by atoms with Gasteiger partial charge in [-0.25, -0.2) is 4.79 Å². The minimum atomic E-state index is -0.930. The summed E-state index contributed by atoms with van der Waals surface area (Å²) in [5, 5.41) is 29.3. The normalized spacial score (nSPS) is 11.0.